The predicted molar refractivity (Wildman–Crippen MR) is 68.2 cm³/mol. The van der Waals surface area contributed by atoms with Crippen LogP contribution in [0.1, 0.15) is 31.2 Å². The monoisotopic (exact) mass is 270 g/mol. The summed E-state index contributed by atoms with van der Waals surface area (Å²) < 4.78 is 13.3. The lowest BCUT2D eigenvalue weighted by Crippen LogP contribution is -2.24. The molecule has 2 nitrogen and oxygen atoms in total. The molecule has 1 saturated carbocycles. The van der Waals surface area contributed by atoms with Gasteiger partial charge in [0.2, 0.25) is 0 Å². The second kappa shape index (κ2) is 5.70. The predicted octanol–water partition coefficient (Wildman–Crippen LogP) is 3.91. The van der Waals surface area contributed by atoms with Crippen LogP contribution in [0.15, 0.2) is 18.2 Å². The Labute approximate surface area is 111 Å². The fourth-order valence-corrected chi connectivity index (χ4v) is 2.96. The zero-order valence-electron chi connectivity index (χ0n) is 10.0. The summed E-state index contributed by atoms with van der Waals surface area (Å²) >= 11 is 5.88. The maximum Gasteiger partial charge on any atom is 0.307 e. The minimum absolute atomic E-state index is 0.0572. The van der Waals surface area contributed by atoms with Crippen LogP contribution >= 0.6 is 11.6 Å². The molecule has 4 heteroatoms. The second-order valence-electron chi connectivity index (χ2n) is 4.91. The normalized spacial score (nSPS) is 17.9. The summed E-state index contributed by atoms with van der Waals surface area (Å²) in [6.45, 7) is 0. The highest BCUT2D eigenvalue weighted by Crippen LogP contribution is 2.34. The van der Waals surface area contributed by atoms with Crippen LogP contribution in [0.2, 0.25) is 5.02 Å². The lowest BCUT2D eigenvalue weighted by Gasteiger charge is -2.19. The Kier molecular flexibility index (Phi) is 4.23. The van der Waals surface area contributed by atoms with Crippen LogP contribution in [0.3, 0.4) is 0 Å². The van der Waals surface area contributed by atoms with Crippen LogP contribution < -0.4 is 0 Å². The maximum absolute atomic E-state index is 13.3. The van der Waals surface area contributed by atoms with Gasteiger partial charge in [0.05, 0.1) is 10.9 Å². The molecule has 1 aliphatic rings. The summed E-state index contributed by atoms with van der Waals surface area (Å²) in [5, 5.41) is 9.38. The Morgan fingerprint density at radius 3 is 2.72 bits per heavy atom. The molecule has 0 saturated heterocycles. The lowest BCUT2D eigenvalue weighted by atomic mass is 9.85. The van der Waals surface area contributed by atoms with Crippen molar-refractivity contribution in [2.24, 2.45) is 11.8 Å². The van der Waals surface area contributed by atoms with E-state index in [9.17, 15) is 14.3 Å². The summed E-state index contributed by atoms with van der Waals surface area (Å²) in [5.41, 5.74) is 0.593. The van der Waals surface area contributed by atoms with E-state index in [0.29, 0.717) is 12.0 Å². The van der Waals surface area contributed by atoms with Crippen LogP contribution in [0, 0.1) is 17.7 Å². The number of hydrogen-bond donors (Lipinski definition) is 1. The number of rotatable bonds is 4. The molecular weight excluding hydrogens is 255 g/mol. The first-order chi connectivity index (χ1) is 8.59. The van der Waals surface area contributed by atoms with Crippen molar-refractivity contribution in [2.75, 3.05) is 0 Å². The van der Waals surface area contributed by atoms with E-state index in [0.717, 1.165) is 25.7 Å². The molecule has 0 radical (unpaired) electrons. The van der Waals surface area contributed by atoms with Gasteiger partial charge in [-0.2, -0.15) is 0 Å². The molecular formula is C14H16ClFO2. The molecule has 0 bridgehead atoms. The van der Waals surface area contributed by atoms with Crippen LogP contribution in [-0.2, 0) is 11.2 Å². The summed E-state index contributed by atoms with van der Waals surface area (Å²) in [4.78, 5) is 11.4. The molecule has 98 valence electrons. The van der Waals surface area contributed by atoms with E-state index in [1.54, 1.807) is 12.1 Å². The Hall–Kier alpha value is -1.09. The number of hydrogen-bond acceptors (Lipinski definition) is 1. The zero-order chi connectivity index (χ0) is 13.1. The Bertz CT molecular complexity index is 441. The maximum atomic E-state index is 13.3. The Balaban J connectivity index is 2.18. The van der Waals surface area contributed by atoms with E-state index >= 15 is 0 Å². The van der Waals surface area contributed by atoms with Crippen molar-refractivity contribution < 1.29 is 14.3 Å². The number of aliphatic carboxylic acids is 1. The van der Waals surface area contributed by atoms with Crippen LogP contribution in [0.5, 0.6) is 0 Å². The van der Waals surface area contributed by atoms with Crippen molar-refractivity contribution in [3.63, 3.8) is 0 Å². The molecule has 0 spiro atoms. The van der Waals surface area contributed by atoms with E-state index in [4.69, 9.17) is 11.6 Å². The second-order valence-corrected chi connectivity index (χ2v) is 5.28. The van der Waals surface area contributed by atoms with E-state index in [-0.39, 0.29) is 10.9 Å². The molecule has 1 aromatic carbocycles. The van der Waals surface area contributed by atoms with Crippen LogP contribution in [0.4, 0.5) is 4.39 Å². The van der Waals surface area contributed by atoms with E-state index in [1.807, 2.05) is 0 Å². The topological polar surface area (TPSA) is 37.3 Å². The summed E-state index contributed by atoms with van der Waals surface area (Å²) in [5.74, 6) is -1.54. The molecule has 0 aromatic heterocycles. The zero-order valence-corrected chi connectivity index (χ0v) is 10.8. The van der Waals surface area contributed by atoms with Gasteiger partial charge in [0.1, 0.15) is 5.82 Å². The molecule has 1 atom stereocenters. The highest BCUT2D eigenvalue weighted by Gasteiger charge is 2.31. The van der Waals surface area contributed by atoms with Gasteiger partial charge in [-0.25, -0.2) is 4.39 Å². The SMILES string of the molecule is O=C(O)C(Cc1cccc(F)c1Cl)C1CCCC1. The van der Waals surface area contributed by atoms with Crippen molar-refractivity contribution in [3.05, 3.63) is 34.6 Å². The average molecular weight is 271 g/mol. The van der Waals surface area contributed by atoms with Crippen LogP contribution in [-0.4, -0.2) is 11.1 Å². The molecule has 1 aliphatic carbocycles. The summed E-state index contributed by atoms with van der Waals surface area (Å²) in [6.07, 6.45) is 4.39. The van der Waals surface area contributed by atoms with Gasteiger partial charge in [-0.15, -0.1) is 0 Å². The smallest absolute Gasteiger partial charge is 0.307 e. The van der Waals surface area contributed by atoms with Crippen molar-refractivity contribution in [1.82, 2.24) is 0 Å². The molecule has 1 fully saturated rings. The number of carbonyl (C=O) groups is 1. The molecule has 0 amide bonds. The first-order valence-corrected chi connectivity index (χ1v) is 6.63. The van der Waals surface area contributed by atoms with Crippen molar-refractivity contribution in [1.29, 1.82) is 0 Å². The first-order valence-electron chi connectivity index (χ1n) is 6.25. The van der Waals surface area contributed by atoms with Gasteiger partial charge in [-0.05, 0) is 36.8 Å². The van der Waals surface area contributed by atoms with E-state index in [2.05, 4.69) is 0 Å². The average Bonchev–Trinajstić information content (AvgIpc) is 2.84. The molecule has 2 rings (SSSR count). The number of benzene rings is 1. The van der Waals surface area contributed by atoms with Crippen LogP contribution in [0.25, 0.3) is 0 Å². The van der Waals surface area contributed by atoms with Crippen molar-refractivity contribution in [3.8, 4) is 0 Å². The fourth-order valence-electron chi connectivity index (χ4n) is 2.76. The van der Waals surface area contributed by atoms with Gasteiger partial charge in [0.25, 0.3) is 0 Å². The minimum atomic E-state index is -0.803. The molecule has 18 heavy (non-hydrogen) atoms. The standard InChI is InChI=1S/C14H16ClFO2/c15-13-10(6-3-7-12(13)16)8-11(14(17)18)9-4-1-2-5-9/h3,6-7,9,11H,1-2,4-5,8H2,(H,17,18). The van der Waals surface area contributed by atoms with E-state index < -0.39 is 17.7 Å². The molecule has 0 aliphatic heterocycles. The number of halogens is 2. The quantitative estimate of drug-likeness (QED) is 0.901. The minimum Gasteiger partial charge on any atom is -0.481 e. The highest BCUT2D eigenvalue weighted by atomic mass is 35.5. The van der Waals surface area contributed by atoms with Crippen molar-refractivity contribution in [2.45, 2.75) is 32.1 Å². The highest BCUT2D eigenvalue weighted by molar-refractivity contribution is 6.31. The molecule has 1 aromatic rings. The van der Waals surface area contributed by atoms with Gasteiger partial charge >= 0.3 is 5.97 Å². The van der Waals surface area contributed by atoms with Gasteiger partial charge in [-0.3, -0.25) is 4.79 Å². The first kappa shape index (κ1) is 13.3. The third-order valence-electron chi connectivity index (χ3n) is 3.76. The van der Waals surface area contributed by atoms with E-state index in [1.165, 1.54) is 6.07 Å². The molecule has 1 unspecified atom stereocenters. The lowest BCUT2D eigenvalue weighted by molar-refractivity contribution is -0.143. The van der Waals surface area contributed by atoms with Gasteiger partial charge in [-0.1, -0.05) is 36.6 Å². The third kappa shape index (κ3) is 2.83. The number of carboxylic acid groups (broad SMARTS) is 1. The Morgan fingerprint density at radius 1 is 1.44 bits per heavy atom. The molecule has 0 heterocycles. The molecule has 1 N–H and O–H groups in total. The fraction of sp³-hybridized carbons (Fsp3) is 0.500. The van der Waals surface area contributed by atoms with Gasteiger partial charge < -0.3 is 5.11 Å². The van der Waals surface area contributed by atoms with Gasteiger partial charge in [0.15, 0.2) is 0 Å². The third-order valence-corrected chi connectivity index (χ3v) is 4.18. The summed E-state index contributed by atoms with van der Waals surface area (Å²) in [7, 11) is 0. The number of carboxylic acids is 1. The van der Waals surface area contributed by atoms with Crippen molar-refractivity contribution >= 4 is 17.6 Å². The summed E-state index contributed by atoms with van der Waals surface area (Å²) in [6, 6.07) is 4.57. The Morgan fingerprint density at radius 2 is 2.11 bits per heavy atom. The largest absolute Gasteiger partial charge is 0.481 e. The van der Waals surface area contributed by atoms with Gasteiger partial charge in [0, 0.05) is 0 Å².